The third kappa shape index (κ3) is 8.40. The van der Waals surface area contributed by atoms with Crippen LogP contribution in [0.15, 0.2) is 18.2 Å². The lowest BCUT2D eigenvalue weighted by atomic mass is 10.1. The summed E-state index contributed by atoms with van der Waals surface area (Å²) < 4.78 is 0. The molecule has 0 bridgehead atoms. The molecular formula is C22H36N4O2. The van der Waals surface area contributed by atoms with Gasteiger partial charge in [-0.25, -0.2) is 0 Å². The van der Waals surface area contributed by atoms with Crippen molar-refractivity contribution < 1.29 is 9.59 Å². The minimum Gasteiger partial charge on any atom is -0.356 e. The molecule has 1 saturated carbocycles. The van der Waals surface area contributed by atoms with Crippen molar-refractivity contribution in [2.75, 3.05) is 45.6 Å². The van der Waals surface area contributed by atoms with E-state index in [2.05, 4.69) is 34.5 Å². The molecule has 2 amide bonds. The Bertz CT molecular complexity index is 656. The Labute approximate surface area is 169 Å². The van der Waals surface area contributed by atoms with Crippen molar-refractivity contribution in [3.63, 3.8) is 0 Å². The summed E-state index contributed by atoms with van der Waals surface area (Å²) in [7, 11) is 4.11. The summed E-state index contributed by atoms with van der Waals surface area (Å²) >= 11 is 0. The molecule has 0 saturated heterocycles. The van der Waals surface area contributed by atoms with Crippen molar-refractivity contribution in [2.24, 2.45) is 0 Å². The lowest BCUT2D eigenvalue weighted by Gasteiger charge is -2.21. The molecule has 1 aromatic carbocycles. The summed E-state index contributed by atoms with van der Waals surface area (Å²) in [6.07, 6.45) is 4.75. The monoisotopic (exact) mass is 388 g/mol. The number of hydrogen-bond donors (Lipinski definition) is 2. The number of rotatable bonds is 12. The van der Waals surface area contributed by atoms with Crippen LogP contribution in [0, 0.1) is 13.8 Å². The van der Waals surface area contributed by atoms with Crippen molar-refractivity contribution >= 4 is 17.5 Å². The quantitative estimate of drug-likeness (QED) is 0.540. The number of aryl methyl sites for hydroxylation is 2. The predicted molar refractivity (Wildman–Crippen MR) is 115 cm³/mol. The lowest BCUT2D eigenvalue weighted by molar-refractivity contribution is -0.122. The van der Waals surface area contributed by atoms with E-state index >= 15 is 0 Å². The number of carbonyl (C=O) groups excluding carboxylic acids is 2. The average Bonchev–Trinajstić information content (AvgIpc) is 3.46. The zero-order valence-corrected chi connectivity index (χ0v) is 17.9. The van der Waals surface area contributed by atoms with Gasteiger partial charge in [-0.2, -0.15) is 0 Å². The van der Waals surface area contributed by atoms with E-state index in [0.717, 1.165) is 55.6 Å². The fourth-order valence-electron chi connectivity index (χ4n) is 3.19. The van der Waals surface area contributed by atoms with Gasteiger partial charge < -0.3 is 15.5 Å². The molecule has 1 aliphatic rings. The Balaban J connectivity index is 1.72. The molecule has 1 fully saturated rings. The molecule has 2 N–H and O–H groups in total. The average molecular weight is 389 g/mol. The summed E-state index contributed by atoms with van der Waals surface area (Å²) in [5, 5.41) is 6.02. The normalized spacial score (nSPS) is 13.8. The maximum absolute atomic E-state index is 12.5. The summed E-state index contributed by atoms with van der Waals surface area (Å²) in [4.78, 5) is 28.9. The first-order valence-corrected chi connectivity index (χ1v) is 10.4. The molecule has 0 unspecified atom stereocenters. The second-order valence-corrected chi connectivity index (χ2v) is 8.18. The van der Waals surface area contributed by atoms with Crippen LogP contribution in [0.5, 0.6) is 0 Å². The second kappa shape index (κ2) is 11.2. The van der Waals surface area contributed by atoms with Crippen LogP contribution in [-0.4, -0.2) is 67.9 Å². The molecule has 6 heteroatoms. The van der Waals surface area contributed by atoms with Gasteiger partial charge in [0.1, 0.15) is 0 Å². The highest BCUT2D eigenvalue weighted by Crippen LogP contribution is 2.27. The van der Waals surface area contributed by atoms with Crippen LogP contribution in [0.2, 0.25) is 0 Å². The molecule has 0 aromatic heterocycles. The van der Waals surface area contributed by atoms with E-state index in [1.165, 1.54) is 0 Å². The van der Waals surface area contributed by atoms with Gasteiger partial charge >= 0.3 is 0 Å². The molecule has 1 aromatic rings. The summed E-state index contributed by atoms with van der Waals surface area (Å²) in [5.74, 6) is 0.0649. The van der Waals surface area contributed by atoms with E-state index in [1.54, 1.807) is 0 Å². The van der Waals surface area contributed by atoms with Gasteiger partial charge in [-0.3, -0.25) is 14.5 Å². The van der Waals surface area contributed by atoms with Crippen LogP contribution in [0.3, 0.4) is 0 Å². The largest absolute Gasteiger partial charge is 0.356 e. The molecular weight excluding hydrogens is 352 g/mol. The molecule has 0 radical (unpaired) electrons. The van der Waals surface area contributed by atoms with Crippen molar-refractivity contribution in [2.45, 2.75) is 52.0 Å². The highest BCUT2D eigenvalue weighted by molar-refractivity contribution is 5.93. The van der Waals surface area contributed by atoms with Crippen LogP contribution in [-0.2, 0) is 9.59 Å². The third-order valence-electron chi connectivity index (χ3n) is 5.06. The Kier molecular flexibility index (Phi) is 8.93. The molecule has 6 nitrogen and oxygen atoms in total. The molecule has 0 heterocycles. The number of hydrogen-bond acceptors (Lipinski definition) is 4. The highest BCUT2D eigenvalue weighted by atomic mass is 16.2. The van der Waals surface area contributed by atoms with Gasteiger partial charge in [-0.15, -0.1) is 0 Å². The van der Waals surface area contributed by atoms with Gasteiger partial charge in [-0.05, 0) is 77.4 Å². The Morgan fingerprint density at radius 3 is 2.50 bits per heavy atom. The van der Waals surface area contributed by atoms with E-state index < -0.39 is 0 Å². The van der Waals surface area contributed by atoms with Crippen molar-refractivity contribution in [3.05, 3.63) is 29.3 Å². The SMILES string of the molecule is Cc1ccc(C)c(NC(=O)CN(CCC(=O)NCCCCN(C)C)C2CC2)c1. The van der Waals surface area contributed by atoms with E-state index in [4.69, 9.17) is 0 Å². The Morgan fingerprint density at radius 2 is 1.82 bits per heavy atom. The smallest absolute Gasteiger partial charge is 0.238 e. The van der Waals surface area contributed by atoms with Crippen LogP contribution < -0.4 is 10.6 Å². The van der Waals surface area contributed by atoms with E-state index in [0.29, 0.717) is 25.6 Å². The molecule has 1 aliphatic carbocycles. The molecule has 28 heavy (non-hydrogen) atoms. The predicted octanol–water partition coefficient (Wildman–Crippen LogP) is 2.55. The fourth-order valence-corrected chi connectivity index (χ4v) is 3.19. The van der Waals surface area contributed by atoms with Crippen LogP contribution in [0.1, 0.15) is 43.2 Å². The first-order valence-electron chi connectivity index (χ1n) is 10.4. The van der Waals surface area contributed by atoms with Gasteiger partial charge in [0, 0.05) is 31.2 Å². The standard InChI is InChI=1S/C22H36N4O2/c1-17-7-8-18(2)20(15-17)24-22(28)16-26(19-9-10-19)14-11-21(27)23-12-5-6-13-25(3)4/h7-8,15,19H,5-6,9-14,16H2,1-4H3,(H,23,27)(H,24,28). The van der Waals surface area contributed by atoms with Gasteiger partial charge in [0.05, 0.1) is 6.54 Å². The summed E-state index contributed by atoms with van der Waals surface area (Å²) in [6.45, 7) is 6.76. The van der Waals surface area contributed by atoms with E-state index in [-0.39, 0.29) is 11.8 Å². The van der Waals surface area contributed by atoms with E-state index in [9.17, 15) is 9.59 Å². The zero-order chi connectivity index (χ0) is 20.5. The maximum Gasteiger partial charge on any atom is 0.238 e. The molecule has 0 atom stereocenters. The van der Waals surface area contributed by atoms with Crippen LogP contribution in [0.25, 0.3) is 0 Å². The minimum atomic E-state index is -0.00954. The van der Waals surface area contributed by atoms with Crippen LogP contribution in [0.4, 0.5) is 5.69 Å². The van der Waals surface area contributed by atoms with Crippen molar-refractivity contribution in [1.29, 1.82) is 0 Å². The Morgan fingerprint density at radius 1 is 1.07 bits per heavy atom. The number of nitrogens with one attached hydrogen (secondary N) is 2. The number of anilines is 1. The lowest BCUT2D eigenvalue weighted by Crippen LogP contribution is -2.38. The zero-order valence-electron chi connectivity index (χ0n) is 17.9. The number of nitrogens with zero attached hydrogens (tertiary/aromatic N) is 2. The number of benzene rings is 1. The first-order chi connectivity index (χ1) is 13.3. The number of carbonyl (C=O) groups is 2. The molecule has 2 rings (SSSR count). The maximum atomic E-state index is 12.5. The molecule has 0 aliphatic heterocycles. The Hall–Kier alpha value is -1.92. The summed E-state index contributed by atoms with van der Waals surface area (Å²) in [5.41, 5.74) is 3.06. The van der Waals surface area contributed by atoms with Gasteiger partial charge in [-0.1, -0.05) is 12.1 Å². The first kappa shape index (κ1) is 22.4. The fraction of sp³-hybridized carbons (Fsp3) is 0.636. The molecule has 156 valence electrons. The number of unbranched alkanes of at least 4 members (excludes halogenated alkanes) is 1. The van der Waals surface area contributed by atoms with Crippen molar-refractivity contribution in [3.8, 4) is 0 Å². The van der Waals surface area contributed by atoms with E-state index in [1.807, 2.05) is 32.0 Å². The second-order valence-electron chi connectivity index (χ2n) is 8.18. The van der Waals surface area contributed by atoms with Gasteiger partial charge in [0.25, 0.3) is 0 Å². The highest BCUT2D eigenvalue weighted by Gasteiger charge is 2.30. The molecule has 0 spiro atoms. The third-order valence-corrected chi connectivity index (χ3v) is 5.06. The number of amides is 2. The van der Waals surface area contributed by atoms with Gasteiger partial charge in [0.2, 0.25) is 11.8 Å². The minimum absolute atomic E-state index is 0.00954. The van der Waals surface area contributed by atoms with Gasteiger partial charge in [0.15, 0.2) is 0 Å². The topological polar surface area (TPSA) is 64.7 Å². The van der Waals surface area contributed by atoms with Crippen molar-refractivity contribution in [1.82, 2.24) is 15.1 Å². The summed E-state index contributed by atoms with van der Waals surface area (Å²) in [6, 6.07) is 6.50. The van der Waals surface area contributed by atoms with Crippen LogP contribution >= 0.6 is 0 Å².